The second-order valence-electron chi connectivity index (χ2n) is 3.18. The van der Waals surface area contributed by atoms with E-state index in [1.807, 2.05) is 6.07 Å². The predicted molar refractivity (Wildman–Crippen MR) is 69.3 cm³/mol. The van der Waals surface area contributed by atoms with E-state index in [4.69, 9.17) is 32.2 Å². The SMILES string of the molecule is N=CN=C(N)SCc1cc2c(cc1Cl)OCO2. The van der Waals surface area contributed by atoms with Gasteiger partial charge in [0.05, 0.1) is 0 Å². The summed E-state index contributed by atoms with van der Waals surface area (Å²) in [7, 11) is 0. The van der Waals surface area contributed by atoms with Gasteiger partial charge >= 0.3 is 0 Å². The molecule has 1 aromatic rings. The number of fused-ring (bicyclic) bond motifs is 1. The summed E-state index contributed by atoms with van der Waals surface area (Å²) in [6, 6.07) is 3.55. The number of rotatable bonds is 3. The third-order valence-electron chi connectivity index (χ3n) is 2.11. The maximum Gasteiger partial charge on any atom is 0.231 e. The molecule has 0 fully saturated rings. The van der Waals surface area contributed by atoms with Gasteiger partial charge in [0.15, 0.2) is 16.7 Å². The molecule has 1 aliphatic heterocycles. The van der Waals surface area contributed by atoms with Crippen molar-refractivity contribution in [3.05, 3.63) is 22.7 Å². The molecule has 2 rings (SSSR count). The maximum atomic E-state index is 6.79. The normalized spacial score (nSPS) is 13.8. The van der Waals surface area contributed by atoms with E-state index in [1.54, 1.807) is 6.07 Å². The monoisotopic (exact) mass is 271 g/mol. The lowest BCUT2D eigenvalue weighted by molar-refractivity contribution is 0.174. The Labute approximate surface area is 107 Å². The van der Waals surface area contributed by atoms with E-state index in [9.17, 15) is 0 Å². The minimum absolute atomic E-state index is 0.222. The molecule has 0 spiro atoms. The van der Waals surface area contributed by atoms with Crippen molar-refractivity contribution in [2.45, 2.75) is 5.75 Å². The van der Waals surface area contributed by atoms with E-state index in [0.717, 1.165) is 11.9 Å². The van der Waals surface area contributed by atoms with Crippen LogP contribution in [0.15, 0.2) is 17.1 Å². The van der Waals surface area contributed by atoms with E-state index >= 15 is 0 Å². The van der Waals surface area contributed by atoms with E-state index in [0.29, 0.717) is 27.4 Å². The van der Waals surface area contributed by atoms with Crippen molar-refractivity contribution in [1.29, 1.82) is 5.41 Å². The highest BCUT2D eigenvalue weighted by molar-refractivity contribution is 8.13. The zero-order valence-corrected chi connectivity index (χ0v) is 10.3. The van der Waals surface area contributed by atoms with Crippen LogP contribution in [-0.4, -0.2) is 18.3 Å². The average molecular weight is 272 g/mol. The number of thioether (sulfide) groups is 1. The molecule has 1 aromatic carbocycles. The number of hydrogen-bond acceptors (Lipinski definition) is 4. The quantitative estimate of drug-likeness (QED) is 0.652. The van der Waals surface area contributed by atoms with Crippen molar-refractivity contribution in [3.63, 3.8) is 0 Å². The third-order valence-corrected chi connectivity index (χ3v) is 3.32. The van der Waals surface area contributed by atoms with Gasteiger partial charge < -0.3 is 15.2 Å². The Balaban J connectivity index is 2.11. The molecule has 0 bridgehead atoms. The molecule has 90 valence electrons. The van der Waals surface area contributed by atoms with Gasteiger partial charge in [0.2, 0.25) is 6.79 Å². The van der Waals surface area contributed by atoms with E-state index in [-0.39, 0.29) is 6.79 Å². The molecule has 0 aromatic heterocycles. The third kappa shape index (κ3) is 2.83. The Kier molecular flexibility index (Phi) is 3.75. The first-order chi connectivity index (χ1) is 8.20. The van der Waals surface area contributed by atoms with Crippen LogP contribution in [0, 0.1) is 5.41 Å². The molecular weight excluding hydrogens is 262 g/mol. The summed E-state index contributed by atoms with van der Waals surface area (Å²) in [5.41, 5.74) is 6.45. The molecule has 5 nitrogen and oxygen atoms in total. The molecular formula is C10H10ClN3O2S. The van der Waals surface area contributed by atoms with Crippen LogP contribution in [0.4, 0.5) is 0 Å². The maximum absolute atomic E-state index is 6.79. The largest absolute Gasteiger partial charge is 0.454 e. The lowest BCUT2D eigenvalue weighted by Crippen LogP contribution is -2.06. The summed E-state index contributed by atoms with van der Waals surface area (Å²) in [6.45, 7) is 0.222. The second kappa shape index (κ2) is 5.29. The topological polar surface area (TPSA) is 80.7 Å². The number of aliphatic imine (C=N–C) groups is 1. The predicted octanol–water partition coefficient (Wildman–Crippen LogP) is 2.22. The summed E-state index contributed by atoms with van der Waals surface area (Å²) < 4.78 is 10.5. The fourth-order valence-corrected chi connectivity index (χ4v) is 2.29. The van der Waals surface area contributed by atoms with Crippen molar-refractivity contribution >= 4 is 34.9 Å². The number of hydrogen-bond donors (Lipinski definition) is 2. The summed E-state index contributed by atoms with van der Waals surface area (Å²) in [4.78, 5) is 3.64. The fourth-order valence-electron chi connectivity index (χ4n) is 1.32. The van der Waals surface area contributed by atoms with Crippen molar-refractivity contribution in [3.8, 4) is 11.5 Å². The zero-order chi connectivity index (χ0) is 12.3. The van der Waals surface area contributed by atoms with Crippen LogP contribution < -0.4 is 15.2 Å². The lowest BCUT2D eigenvalue weighted by atomic mass is 10.2. The highest BCUT2D eigenvalue weighted by Gasteiger charge is 2.16. The highest BCUT2D eigenvalue weighted by Crippen LogP contribution is 2.37. The first-order valence-corrected chi connectivity index (χ1v) is 6.10. The van der Waals surface area contributed by atoms with Crippen LogP contribution in [0.2, 0.25) is 5.02 Å². The Morgan fingerprint density at radius 3 is 2.94 bits per heavy atom. The molecule has 0 radical (unpaired) electrons. The first-order valence-electron chi connectivity index (χ1n) is 4.73. The smallest absolute Gasteiger partial charge is 0.231 e. The van der Waals surface area contributed by atoms with Crippen molar-refractivity contribution < 1.29 is 9.47 Å². The number of amidine groups is 1. The molecule has 1 heterocycles. The molecule has 17 heavy (non-hydrogen) atoms. The molecule has 3 N–H and O–H groups in total. The molecule has 0 amide bonds. The van der Waals surface area contributed by atoms with Gasteiger partial charge in [-0.3, -0.25) is 5.41 Å². The number of nitrogens with zero attached hydrogens (tertiary/aromatic N) is 1. The lowest BCUT2D eigenvalue weighted by Gasteiger charge is -2.05. The minimum atomic E-state index is 0.222. The van der Waals surface area contributed by atoms with E-state index < -0.39 is 0 Å². The van der Waals surface area contributed by atoms with Gasteiger partial charge in [-0.25, -0.2) is 4.99 Å². The van der Waals surface area contributed by atoms with Crippen LogP contribution in [0.5, 0.6) is 11.5 Å². The minimum Gasteiger partial charge on any atom is -0.454 e. The van der Waals surface area contributed by atoms with Crippen LogP contribution >= 0.6 is 23.4 Å². The van der Waals surface area contributed by atoms with Gasteiger partial charge in [0.1, 0.15) is 6.34 Å². The Morgan fingerprint density at radius 2 is 2.24 bits per heavy atom. The van der Waals surface area contributed by atoms with Gasteiger partial charge in [-0.1, -0.05) is 23.4 Å². The van der Waals surface area contributed by atoms with Gasteiger partial charge in [-0.15, -0.1) is 0 Å². The average Bonchev–Trinajstić information content (AvgIpc) is 2.73. The Morgan fingerprint density at radius 1 is 1.53 bits per heavy atom. The first kappa shape index (κ1) is 12.1. The van der Waals surface area contributed by atoms with E-state index in [2.05, 4.69) is 4.99 Å². The Hall–Kier alpha value is -1.40. The molecule has 0 saturated heterocycles. The molecule has 0 saturated carbocycles. The Bertz CT molecular complexity index is 479. The zero-order valence-electron chi connectivity index (χ0n) is 8.77. The van der Waals surface area contributed by atoms with E-state index in [1.165, 1.54) is 11.8 Å². The molecule has 0 atom stereocenters. The number of ether oxygens (including phenoxy) is 2. The van der Waals surface area contributed by atoms with Crippen molar-refractivity contribution in [1.82, 2.24) is 0 Å². The van der Waals surface area contributed by atoms with Crippen LogP contribution in [0.3, 0.4) is 0 Å². The standard InChI is InChI=1S/C10H10ClN3O2S/c11-7-2-9-8(15-5-16-9)1-6(7)3-17-10(13)14-4-12/h1-2,4H,3,5H2,(H3,12,13,14). The van der Waals surface area contributed by atoms with Gasteiger partial charge in [-0.2, -0.15) is 0 Å². The molecule has 7 heteroatoms. The molecule has 0 unspecified atom stereocenters. The molecule has 1 aliphatic rings. The molecule has 0 aliphatic carbocycles. The van der Waals surface area contributed by atoms with Gasteiger partial charge in [0.25, 0.3) is 0 Å². The van der Waals surface area contributed by atoms with Crippen molar-refractivity contribution in [2.24, 2.45) is 10.7 Å². The fraction of sp³-hybridized carbons (Fsp3) is 0.200. The number of halogens is 1. The summed E-state index contributed by atoms with van der Waals surface area (Å²) in [6.07, 6.45) is 0.906. The van der Waals surface area contributed by atoms with Crippen LogP contribution in [0.25, 0.3) is 0 Å². The van der Waals surface area contributed by atoms with Crippen LogP contribution in [0.1, 0.15) is 5.56 Å². The van der Waals surface area contributed by atoms with Crippen molar-refractivity contribution in [2.75, 3.05) is 6.79 Å². The van der Waals surface area contributed by atoms with Gasteiger partial charge in [0, 0.05) is 16.8 Å². The highest BCUT2D eigenvalue weighted by atomic mass is 35.5. The summed E-state index contributed by atoms with van der Waals surface area (Å²) in [5, 5.41) is 7.72. The number of benzene rings is 1. The summed E-state index contributed by atoms with van der Waals surface area (Å²) >= 11 is 7.40. The summed E-state index contributed by atoms with van der Waals surface area (Å²) in [5.74, 6) is 1.91. The number of nitrogens with one attached hydrogen (secondary N) is 1. The van der Waals surface area contributed by atoms with Gasteiger partial charge in [-0.05, 0) is 11.6 Å². The van der Waals surface area contributed by atoms with Crippen LogP contribution in [-0.2, 0) is 5.75 Å². The second-order valence-corrected chi connectivity index (χ2v) is 4.58. The number of nitrogens with two attached hydrogens (primary N) is 1.